The maximum atomic E-state index is 12.3. The summed E-state index contributed by atoms with van der Waals surface area (Å²) >= 11 is 0. The molecule has 0 spiro atoms. The van der Waals surface area contributed by atoms with Crippen LogP contribution in [-0.4, -0.2) is 25.0 Å². The van der Waals surface area contributed by atoms with Crippen molar-refractivity contribution in [3.8, 4) is 0 Å². The third kappa shape index (κ3) is 3.83. The first-order valence-electron chi connectivity index (χ1n) is 7.84. The van der Waals surface area contributed by atoms with Crippen molar-refractivity contribution in [2.75, 3.05) is 18.0 Å². The number of fused-ring (bicyclic) bond motifs is 1. The zero-order chi connectivity index (χ0) is 14.4. The number of nitrogens with one attached hydrogen (secondary N) is 1. The Morgan fingerprint density at radius 2 is 2.10 bits per heavy atom. The van der Waals surface area contributed by atoms with Crippen LogP contribution in [0, 0.1) is 0 Å². The van der Waals surface area contributed by atoms with Gasteiger partial charge in [0, 0.05) is 24.7 Å². The van der Waals surface area contributed by atoms with Gasteiger partial charge in [-0.3, -0.25) is 4.79 Å². The highest BCUT2D eigenvalue weighted by Gasteiger charge is 2.21. The lowest BCUT2D eigenvalue weighted by molar-refractivity contribution is -0.118. The monoisotopic (exact) mass is 274 g/mol. The highest BCUT2D eigenvalue weighted by Crippen LogP contribution is 2.26. The van der Waals surface area contributed by atoms with Gasteiger partial charge in [-0.15, -0.1) is 0 Å². The molecule has 3 heteroatoms. The van der Waals surface area contributed by atoms with Gasteiger partial charge in [-0.25, -0.2) is 0 Å². The summed E-state index contributed by atoms with van der Waals surface area (Å²) in [5.74, 6) is 0.276. The molecule has 0 fully saturated rings. The van der Waals surface area contributed by atoms with E-state index in [1.165, 1.54) is 5.56 Å². The van der Waals surface area contributed by atoms with E-state index in [1.807, 2.05) is 11.0 Å². The van der Waals surface area contributed by atoms with Crippen molar-refractivity contribution in [3.05, 3.63) is 29.8 Å². The third-order valence-corrected chi connectivity index (χ3v) is 3.95. The fourth-order valence-corrected chi connectivity index (χ4v) is 2.75. The lowest BCUT2D eigenvalue weighted by Gasteiger charge is -2.25. The Morgan fingerprint density at radius 1 is 1.30 bits per heavy atom. The second-order valence-corrected chi connectivity index (χ2v) is 5.67. The van der Waals surface area contributed by atoms with E-state index in [1.54, 1.807) is 0 Å². The average Bonchev–Trinajstić information content (AvgIpc) is 2.61. The van der Waals surface area contributed by atoms with Crippen molar-refractivity contribution < 1.29 is 4.79 Å². The molecule has 3 nitrogen and oxygen atoms in total. The maximum absolute atomic E-state index is 12.3. The molecular formula is C17H26N2O. The zero-order valence-corrected chi connectivity index (χ0v) is 12.7. The molecule has 0 bridgehead atoms. The molecule has 0 radical (unpaired) electrons. The van der Waals surface area contributed by atoms with E-state index in [4.69, 9.17) is 0 Å². The standard InChI is InChI=1S/C17H26N2O/c1-3-12-18-14(2)11-13-19-16-9-5-4-7-15(16)8-6-10-17(19)20/h4-5,7,9,14,18H,3,6,8,10-13H2,1-2H3. The van der Waals surface area contributed by atoms with Crippen molar-refractivity contribution >= 4 is 11.6 Å². The van der Waals surface area contributed by atoms with Gasteiger partial charge in [0.05, 0.1) is 0 Å². The molecule has 0 saturated heterocycles. The molecule has 1 aromatic rings. The number of amides is 1. The number of benzene rings is 1. The Labute approximate surface area is 122 Å². The SMILES string of the molecule is CCCNC(C)CCN1C(=O)CCCc2ccccc21. The lowest BCUT2D eigenvalue weighted by Crippen LogP contribution is -2.36. The minimum Gasteiger partial charge on any atom is -0.314 e. The second-order valence-electron chi connectivity index (χ2n) is 5.67. The second kappa shape index (κ2) is 7.44. The minimum absolute atomic E-state index is 0.276. The van der Waals surface area contributed by atoms with Crippen LogP contribution in [-0.2, 0) is 11.2 Å². The van der Waals surface area contributed by atoms with E-state index in [9.17, 15) is 4.79 Å². The molecule has 1 aromatic carbocycles. The Morgan fingerprint density at radius 3 is 2.90 bits per heavy atom. The number of carbonyl (C=O) groups is 1. The van der Waals surface area contributed by atoms with E-state index in [2.05, 4.69) is 37.4 Å². The van der Waals surface area contributed by atoms with Crippen LogP contribution >= 0.6 is 0 Å². The number of carbonyl (C=O) groups excluding carboxylic acids is 1. The van der Waals surface area contributed by atoms with Crippen LogP contribution in [0.25, 0.3) is 0 Å². The molecule has 110 valence electrons. The third-order valence-electron chi connectivity index (χ3n) is 3.95. The fourth-order valence-electron chi connectivity index (χ4n) is 2.75. The number of rotatable bonds is 6. The van der Waals surface area contributed by atoms with Crippen LogP contribution < -0.4 is 10.2 Å². The Hall–Kier alpha value is -1.35. The number of anilines is 1. The fraction of sp³-hybridized carbons (Fsp3) is 0.588. The molecule has 20 heavy (non-hydrogen) atoms. The summed E-state index contributed by atoms with van der Waals surface area (Å²) in [6, 6.07) is 8.79. The number of aryl methyl sites for hydroxylation is 1. The predicted molar refractivity (Wildman–Crippen MR) is 84.1 cm³/mol. The molecular weight excluding hydrogens is 248 g/mol. The van der Waals surface area contributed by atoms with Crippen molar-refractivity contribution in [1.82, 2.24) is 5.32 Å². The van der Waals surface area contributed by atoms with Gasteiger partial charge < -0.3 is 10.2 Å². The molecule has 0 saturated carbocycles. The summed E-state index contributed by atoms with van der Waals surface area (Å²) in [4.78, 5) is 14.3. The Kier molecular flexibility index (Phi) is 5.60. The van der Waals surface area contributed by atoms with Crippen molar-refractivity contribution in [2.24, 2.45) is 0 Å². The van der Waals surface area contributed by atoms with Crippen molar-refractivity contribution in [2.45, 2.75) is 52.0 Å². The van der Waals surface area contributed by atoms with Gasteiger partial charge in [0.25, 0.3) is 0 Å². The van der Waals surface area contributed by atoms with Gasteiger partial charge in [0.15, 0.2) is 0 Å². The largest absolute Gasteiger partial charge is 0.314 e. The maximum Gasteiger partial charge on any atom is 0.226 e. The molecule has 0 aromatic heterocycles. The van der Waals surface area contributed by atoms with Crippen LogP contribution in [0.2, 0.25) is 0 Å². The molecule has 2 rings (SSSR count). The summed E-state index contributed by atoms with van der Waals surface area (Å²) in [6.45, 7) is 6.23. The van der Waals surface area contributed by atoms with E-state index in [0.29, 0.717) is 12.5 Å². The van der Waals surface area contributed by atoms with Crippen LogP contribution in [0.3, 0.4) is 0 Å². The van der Waals surface area contributed by atoms with Gasteiger partial charge >= 0.3 is 0 Å². The number of hydrogen-bond acceptors (Lipinski definition) is 2. The summed E-state index contributed by atoms with van der Waals surface area (Å²) in [6.07, 6.45) is 4.80. The molecule has 1 aliphatic rings. The van der Waals surface area contributed by atoms with E-state index >= 15 is 0 Å². The first-order chi connectivity index (χ1) is 9.72. The quantitative estimate of drug-likeness (QED) is 0.864. The van der Waals surface area contributed by atoms with Gasteiger partial charge in [-0.2, -0.15) is 0 Å². The van der Waals surface area contributed by atoms with E-state index < -0.39 is 0 Å². The number of hydrogen-bond donors (Lipinski definition) is 1. The Balaban J connectivity index is 2.03. The smallest absolute Gasteiger partial charge is 0.226 e. The molecule has 1 unspecified atom stereocenters. The normalized spacial score (nSPS) is 16.7. The first kappa shape index (κ1) is 15.0. The minimum atomic E-state index is 0.276. The Bertz CT molecular complexity index is 444. The van der Waals surface area contributed by atoms with Crippen molar-refractivity contribution in [3.63, 3.8) is 0 Å². The average molecular weight is 274 g/mol. The summed E-state index contributed by atoms with van der Waals surface area (Å²) in [5.41, 5.74) is 2.44. The van der Waals surface area contributed by atoms with Gasteiger partial charge in [-0.1, -0.05) is 25.1 Å². The predicted octanol–water partition coefficient (Wildman–Crippen LogP) is 3.13. The number of para-hydroxylation sites is 1. The molecule has 1 heterocycles. The van der Waals surface area contributed by atoms with Crippen LogP contribution in [0.1, 0.15) is 45.1 Å². The zero-order valence-electron chi connectivity index (χ0n) is 12.7. The summed E-state index contributed by atoms with van der Waals surface area (Å²) in [7, 11) is 0. The molecule has 1 N–H and O–H groups in total. The highest BCUT2D eigenvalue weighted by atomic mass is 16.2. The topological polar surface area (TPSA) is 32.3 Å². The summed E-state index contributed by atoms with van der Waals surface area (Å²) in [5, 5.41) is 3.49. The highest BCUT2D eigenvalue weighted by molar-refractivity contribution is 5.94. The van der Waals surface area contributed by atoms with Gasteiger partial charge in [-0.05, 0) is 50.8 Å². The van der Waals surface area contributed by atoms with E-state index in [0.717, 1.165) is 44.5 Å². The van der Waals surface area contributed by atoms with E-state index in [-0.39, 0.29) is 5.91 Å². The van der Waals surface area contributed by atoms with Crippen LogP contribution in [0.5, 0.6) is 0 Å². The lowest BCUT2D eigenvalue weighted by atomic mass is 10.1. The van der Waals surface area contributed by atoms with Gasteiger partial charge in [0.1, 0.15) is 0 Å². The van der Waals surface area contributed by atoms with Crippen molar-refractivity contribution in [1.29, 1.82) is 0 Å². The molecule has 1 atom stereocenters. The summed E-state index contributed by atoms with van der Waals surface area (Å²) < 4.78 is 0. The molecule has 0 aliphatic carbocycles. The van der Waals surface area contributed by atoms with Crippen LogP contribution in [0.4, 0.5) is 5.69 Å². The van der Waals surface area contributed by atoms with Gasteiger partial charge in [0.2, 0.25) is 5.91 Å². The molecule has 1 aliphatic heterocycles. The number of nitrogens with zero attached hydrogens (tertiary/aromatic N) is 1. The molecule has 1 amide bonds. The van der Waals surface area contributed by atoms with Crippen LogP contribution in [0.15, 0.2) is 24.3 Å². The first-order valence-corrected chi connectivity index (χ1v) is 7.84.